The largest absolute Gasteiger partial charge is 0.352 e. The van der Waals surface area contributed by atoms with Crippen molar-refractivity contribution >= 4 is 17.9 Å². The van der Waals surface area contributed by atoms with E-state index in [0.29, 0.717) is 25.7 Å². The van der Waals surface area contributed by atoms with Gasteiger partial charge in [0.25, 0.3) is 0 Å². The summed E-state index contributed by atoms with van der Waals surface area (Å²) in [7, 11) is 0. The van der Waals surface area contributed by atoms with E-state index in [-0.39, 0.29) is 11.8 Å². The summed E-state index contributed by atoms with van der Waals surface area (Å²) >= 11 is 0. The molecule has 122 valence electrons. The van der Waals surface area contributed by atoms with E-state index in [0.717, 1.165) is 31.5 Å². The number of hydrogen-bond donors (Lipinski definition) is 1. The van der Waals surface area contributed by atoms with Gasteiger partial charge in [-0.05, 0) is 24.5 Å². The number of carbonyl (C=O) groups excluding carboxylic acids is 2. The normalized spacial score (nSPS) is 19.0. The van der Waals surface area contributed by atoms with E-state index in [2.05, 4.69) is 10.2 Å². The van der Waals surface area contributed by atoms with Crippen molar-refractivity contribution in [2.24, 2.45) is 0 Å². The molecule has 1 N–H and O–H groups in total. The van der Waals surface area contributed by atoms with E-state index < -0.39 is 0 Å². The topological polar surface area (TPSA) is 52.7 Å². The molecule has 0 atom stereocenters. The summed E-state index contributed by atoms with van der Waals surface area (Å²) in [4.78, 5) is 27.9. The van der Waals surface area contributed by atoms with Gasteiger partial charge in [-0.1, -0.05) is 30.3 Å². The van der Waals surface area contributed by atoms with E-state index in [4.69, 9.17) is 0 Å². The first-order valence-corrected chi connectivity index (χ1v) is 8.24. The third-order valence-electron chi connectivity index (χ3n) is 4.21. The highest BCUT2D eigenvalue weighted by Gasteiger charge is 2.25. The molecule has 1 saturated carbocycles. The van der Waals surface area contributed by atoms with Crippen LogP contribution in [-0.4, -0.2) is 60.4 Å². The number of nitrogens with one attached hydrogen (secondary N) is 1. The van der Waals surface area contributed by atoms with Crippen molar-refractivity contribution in [3.05, 3.63) is 42.0 Å². The minimum atomic E-state index is 0.0379. The van der Waals surface area contributed by atoms with Crippen LogP contribution in [0, 0.1) is 0 Å². The molecule has 0 bridgehead atoms. The minimum Gasteiger partial charge on any atom is -0.352 e. The maximum absolute atomic E-state index is 12.2. The Morgan fingerprint density at radius 1 is 1.09 bits per heavy atom. The lowest BCUT2D eigenvalue weighted by molar-refractivity contribution is -0.128. The third kappa shape index (κ3) is 4.93. The number of rotatable bonds is 5. The lowest BCUT2D eigenvalue weighted by Crippen LogP contribution is -2.51. The minimum absolute atomic E-state index is 0.0379. The second kappa shape index (κ2) is 7.42. The Morgan fingerprint density at radius 3 is 2.43 bits per heavy atom. The zero-order valence-electron chi connectivity index (χ0n) is 13.3. The molecule has 1 aliphatic carbocycles. The Bertz CT molecular complexity index is 573. The van der Waals surface area contributed by atoms with Crippen molar-refractivity contribution < 1.29 is 9.59 Å². The monoisotopic (exact) mass is 313 g/mol. The maximum atomic E-state index is 12.2. The van der Waals surface area contributed by atoms with Gasteiger partial charge < -0.3 is 10.2 Å². The fourth-order valence-corrected chi connectivity index (χ4v) is 2.67. The lowest BCUT2D eigenvalue weighted by atomic mass is 10.2. The first kappa shape index (κ1) is 15.7. The van der Waals surface area contributed by atoms with Crippen LogP contribution in [0.1, 0.15) is 18.4 Å². The van der Waals surface area contributed by atoms with E-state index in [9.17, 15) is 9.59 Å². The van der Waals surface area contributed by atoms with Crippen molar-refractivity contribution in [1.82, 2.24) is 15.1 Å². The van der Waals surface area contributed by atoms with Crippen LogP contribution in [0.15, 0.2) is 36.4 Å². The Balaban J connectivity index is 1.42. The molecular weight excluding hydrogens is 290 g/mol. The molecule has 23 heavy (non-hydrogen) atoms. The molecule has 1 aliphatic heterocycles. The van der Waals surface area contributed by atoms with Gasteiger partial charge in [-0.25, -0.2) is 0 Å². The van der Waals surface area contributed by atoms with Crippen LogP contribution in [0.3, 0.4) is 0 Å². The summed E-state index contributed by atoms with van der Waals surface area (Å²) in [5.74, 6) is 0.146. The summed E-state index contributed by atoms with van der Waals surface area (Å²) < 4.78 is 0. The Hall–Kier alpha value is -2.14. The standard InChI is InChI=1S/C18H23N3O2/c22-17(19-16-7-8-16)14-20-10-12-21(13-11-20)18(23)9-6-15-4-2-1-3-5-15/h1-6,9,16H,7-8,10-14H2,(H,19,22)/b9-6+. The Morgan fingerprint density at radius 2 is 1.78 bits per heavy atom. The van der Waals surface area contributed by atoms with Crippen molar-refractivity contribution in [1.29, 1.82) is 0 Å². The van der Waals surface area contributed by atoms with Crippen LogP contribution in [-0.2, 0) is 9.59 Å². The SMILES string of the molecule is O=C(CN1CCN(C(=O)/C=C/c2ccccc2)CC1)NC1CC1. The Kier molecular flexibility index (Phi) is 5.08. The molecule has 1 aromatic carbocycles. The van der Waals surface area contributed by atoms with Crippen LogP contribution < -0.4 is 5.32 Å². The summed E-state index contributed by atoms with van der Waals surface area (Å²) in [6, 6.07) is 10.2. The van der Waals surface area contributed by atoms with Gasteiger partial charge in [0.2, 0.25) is 11.8 Å². The summed E-state index contributed by atoms with van der Waals surface area (Å²) in [6.07, 6.45) is 5.70. The molecule has 1 heterocycles. The molecule has 0 spiro atoms. The first-order valence-electron chi connectivity index (χ1n) is 8.24. The van der Waals surface area contributed by atoms with Gasteiger partial charge in [-0.2, -0.15) is 0 Å². The predicted molar refractivity (Wildman–Crippen MR) is 89.7 cm³/mol. The van der Waals surface area contributed by atoms with Gasteiger partial charge in [-0.15, -0.1) is 0 Å². The summed E-state index contributed by atoms with van der Waals surface area (Å²) in [6.45, 7) is 3.30. The van der Waals surface area contributed by atoms with Crippen LogP contribution in [0.25, 0.3) is 6.08 Å². The number of benzene rings is 1. The smallest absolute Gasteiger partial charge is 0.246 e. The zero-order valence-corrected chi connectivity index (χ0v) is 13.3. The van der Waals surface area contributed by atoms with Crippen molar-refractivity contribution in [2.75, 3.05) is 32.7 Å². The number of nitrogens with zero attached hydrogens (tertiary/aromatic N) is 2. The van der Waals surface area contributed by atoms with E-state index in [1.165, 1.54) is 0 Å². The van der Waals surface area contributed by atoms with Gasteiger partial charge in [0.1, 0.15) is 0 Å². The number of hydrogen-bond acceptors (Lipinski definition) is 3. The molecule has 2 amide bonds. The summed E-state index contributed by atoms with van der Waals surface area (Å²) in [5, 5.41) is 3.00. The van der Waals surface area contributed by atoms with Crippen molar-refractivity contribution in [2.45, 2.75) is 18.9 Å². The lowest BCUT2D eigenvalue weighted by Gasteiger charge is -2.33. The van der Waals surface area contributed by atoms with Gasteiger partial charge in [-0.3, -0.25) is 14.5 Å². The van der Waals surface area contributed by atoms with Gasteiger partial charge in [0.05, 0.1) is 6.54 Å². The molecule has 1 aromatic rings. The van der Waals surface area contributed by atoms with Gasteiger partial charge in [0.15, 0.2) is 0 Å². The van der Waals surface area contributed by atoms with Crippen LogP contribution in [0.4, 0.5) is 0 Å². The molecule has 3 rings (SSSR count). The fraction of sp³-hybridized carbons (Fsp3) is 0.444. The number of piperazine rings is 1. The predicted octanol–water partition coefficient (Wildman–Crippen LogP) is 1.12. The van der Waals surface area contributed by atoms with Crippen molar-refractivity contribution in [3.63, 3.8) is 0 Å². The molecule has 1 saturated heterocycles. The molecule has 2 fully saturated rings. The highest BCUT2D eigenvalue weighted by Crippen LogP contribution is 2.18. The second-order valence-electron chi connectivity index (χ2n) is 6.19. The molecule has 5 nitrogen and oxygen atoms in total. The van der Waals surface area contributed by atoms with Crippen LogP contribution in [0.2, 0.25) is 0 Å². The highest BCUT2D eigenvalue weighted by atomic mass is 16.2. The quantitative estimate of drug-likeness (QED) is 0.829. The van der Waals surface area contributed by atoms with E-state index in [1.807, 2.05) is 41.3 Å². The molecule has 0 unspecified atom stereocenters. The molecular formula is C18H23N3O2. The van der Waals surface area contributed by atoms with Gasteiger partial charge in [0, 0.05) is 38.3 Å². The summed E-state index contributed by atoms with van der Waals surface area (Å²) in [5.41, 5.74) is 1.02. The maximum Gasteiger partial charge on any atom is 0.246 e. The highest BCUT2D eigenvalue weighted by molar-refractivity contribution is 5.91. The Labute approximate surface area is 137 Å². The molecule has 0 radical (unpaired) electrons. The second-order valence-corrected chi connectivity index (χ2v) is 6.19. The first-order chi connectivity index (χ1) is 11.2. The van der Waals surface area contributed by atoms with Crippen LogP contribution in [0.5, 0.6) is 0 Å². The molecule has 5 heteroatoms. The van der Waals surface area contributed by atoms with Crippen LogP contribution >= 0.6 is 0 Å². The zero-order chi connectivity index (χ0) is 16.1. The van der Waals surface area contributed by atoms with E-state index in [1.54, 1.807) is 6.08 Å². The fourth-order valence-electron chi connectivity index (χ4n) is 2.67. The van der Waals surface area contributed by atoms with Gasteiger partial charge >= 0.3 is 0 Å². The molecule has 0 aromatic heterocycles. The number of amides is 2. The van der Waals surface area contributed by atoms with Crippen molar-refractivity contribution in [3.8, 4) is 0 Å². The van der Waals surface area contributed by atoms with E-state index >= 15 is 0 Å². The average molecular weight is 313 g/mol. The average Bonchev–Trinajstić information content (AvgIpc) is 3.38. The third-order valence-corrected chi connectivity index (χ3v) is 4.21. The number of carbonyl (C=O) groups is 2. The molecule has 2 aliphatic rings.